The molecule has 1 aromatic heterocycles. The third-order valence-electron chi connectivity index (χ3n) is 6.93. The van der Waals surface area contributed by atoms with E-state index in [1.807, 2.05) is 6.07 Å². The molecular formula is C24H36N4O2. The maximum absolute atomic E-state index is 12.9. The van der Waals surface area contributed by atoms with Crippen LogP contribution in [0.25, 0.3) is 0 Å². The number of fused-ring (bicyclic) bond motifs is 1. The Morgan fingerprint density at radius 2 is 2.03 bits per heavy atom. The number of carbonyl (C=O) groups excluding carboxylic acids is 1. The third-order valence-corrected chi connectivity index (χ3v) is 6.93. The number of nitrogens with one attached hydrogen (secondary N) is 2. The molecule has 2 aliphatic carbocycles. The van der Waals surface area contributed by atoms with Crippen molar-refractivity contribution in [1.29, 1.82) is 0 Å². The van der Waals surface area contributed by atoms with E-state index in [1.165, 1.54) is 37.7 Å². The van der Waals surface area contributed by atoms with E-state index in [0.29, 0.717) is 23.3 Å². The molecule has 0 spiro atoms. The van der Waals surface area contributed by atoms with Gasteiger partial charge in [-0.1, -0.05) is 25.8 Å². The lowest BCUT2D eigenvalue weighted by Gasteiger charge is -2.41. The summed E-state index contributed by atoms with van der Waals surface area (Å²) in [5.41, 5.74) is 3.59. The summed E-state index contributed by atoms with van der Waals surface area (Å²) in [6.07, 6.45) is 10.5. The van der Waals surface area contributed by atoms with Crippen molar-refractivity contribution in [3.63, 3.8) is 0 Å². The minimum Gasteiger partial charge on any atom is -0.396 e. The van der Waals surface area contributed by atoms with Gasteiger partial charge < -0.3 is 20.6 Å². The number of aryl methyl sites for hydroxylation is 2. The number of aliphatic hydroxyl groups excluding tert-OH is 1. The van der Waals surface area contributed by atoms with E-state index in [-0.39, 0.29) is 18.4 Å². The molecule has 1 aromatic rings. The van der Waals surface area contributed by atoms with Crippen LogP contribution >= 0.6 is 0 Å². The third kappa shape index (κ3) is 4.70. The molecule has 2 heterocycles. The predicted octanol–water partition coefficient (Wildman–Crippen LogP) is 2.94. The smallest absolute Gasteiger partial charge is 0.259 e. The lowest BCUT2D eigenvalue weighted by molar-refractivity contribution is 0.0966. The van der Waals surface area contributed by atoms with Crippen molar-refractivity contribution in [3.8, 4) is 0 Å². The largest absolute Gasteiger partial charge is 0.396 e. The molecule has 1 saturated heterocycles. The van der Waals surface area contributed by atoms with E-state index in [9.17, 15) is 9.90 Å². The van der Waals surface area contributed by atoms with Gasteiger partial charge in [-0.25, -0.2) is 4.98 Å². The number of aliphatic hydroxyl groups is 1. The van der Waals surface area contributed by atoms with Gasteiger partial charge in [0, 0.05) is 49.1 Å². The zero-order chi connectivity index (χ0) is 21.1. The predicted molar refractivity (Wildman–Crippen MR) is 120 cm³/mol. The van der Waals surface area contributed by atoms with Crippen LogP contribution in [0.3, 0.4) is 0 Å². The van der Waals surface area contributed by atoms with Crippen LogP contribution in [0.15, 0.2) is 18.3 Å². The lowest BCUT2D eigenvalue weighted by Crippen LogP contribution is -2.54. The van der Waals surface area contributed by atoms with Gasteiger partial charge in [0.25, 0.3) is 5.91 Å². The Morgan fingerprint density at radius 1 is 1.23 bits per heavy atom. The van der Waals surface area contributed by atoms with Crippen molar-refractivity contribution in [1.82, 2.24) is 15.6 Å². The van der Waals surface area contributed by atoms with Gasteiger partial charge in [-0.3, -0.25) is 4.79 Å². The normalized spacial score (nSPS) is 24.5. The number of amides is 1. The molecule has 3 N–H and O–H groups in total. The number of allylic oxidation sites excluding steroid dienone is 1. The first-order valence-electron chi connectivity index (χ1n) is 11.7. The summed E-state index contributed by atoms with van der Waals surface area (Å²) in [4.78, 5) is 20.1. The Morgan fingerprint density at radius 3 is 2.77 bits per heavy atom. The number of rotatable bonds is 6. The molecule has 0 radical (unpaired) electrons. The van der Waals surface area contributed by atoms with Gasteiger partial charge in [-0.05, 0) is 57.1 Å². The number of hydrogen-bond donors (Lipinski definition) is 3. The first kappa shape index (κ1) is 21.3. The second-order valence-corrected chi connectivity index (χ2v) is 9.34. The highest BCUT2D eigenvalue weighted by molar-refractivity contribution is 6.00. The minimum atomic E-state index is -0.136. The Hall–Kier alpha value is -1.92. The average molecular weight is 413 g/mol. The molecule has 6 nitrogen and oxygen atoms in total. The fourth-order valence-corrected chi connectivity index (χ4v) is 5.33. The van der Waals surface area contributed by atoms with Gasteiger partial charge in [-0.2, -0.15) is 0 Å². The first-order valence-corrected chi connectivity index (χ1v) is 11.7. The summed E-state index contributed by atoms with van der Waals surface area (Å²) in [6.45, 7) is 7.33. The van der Waals surface area contributed by atoms with E-state index in [2.05, 4.69) is 22.1 Å². The van der Waals surface area contributed by atoms with Gasteiger partial charge in [0.15, 0.2) is 0 Å². The molecule has 3 aliphatic rings. The highest BCUT2D eigenvalue weighted by Gasteiger charge is 2.33. The fourth-order valence-electron chi connectivity index (χ4n) is 5.33. The van der Waals surface area contributed by atoms with E-state index < -0.39 is 0 Å². The Kier molecular flexibility index (Phi) is 6.74. The SMILES string of the molecule is C=C(C)NC(=O)c1cc2c(nc1N1CCC(NC3CCCCC3)C(CO)C1)CCC2. The first-order chi connectivity index (χ1) is 14.5. The highest BCUT2D eigenvalue weighted by atomic mass is 16.3. The van der Waals surface area contributed by atoms with Crippen molar-refractivity contribution < 1.29 is 9.90 Å². The Balaban J connectivity index is 1.53. The standard InChI is InChI=1S/C24H36N4O2/c1-16(2)25-24(30)20-13-17-7-6-10-21(17)27-23(20)28-12-11-22(18(14-28)15-29)26-19-8-4-3-5-9-19/h13,18-19,22,26,29H,1,3-12,14-15H2,2H3,(H,25,30). The molecule has 2 unspecified atom stereocenters. The van der Waals surface area contributed by atoms with E-state index in [4.69, 9.17) is 4.98 Å². The number of nitrogens with zero attached hydrogens (tertiary/aromatic N) is 2. The zero-order valence-electron chi connectivity index (χ0n) is 18.3. The Bertz CT molecular complexity index is 788. The van der Waals surface area contributed by atoms with E-state index in [0.717, 1.165) is 50.3 Å². The molecule has 2 fully saturated rings. The molecule has 0 bridgehead atoms. The number of anilines is 1. The summed E-state index contributed by atoms with van der Waals surface area (Å²) in [5.74, 6) is 0.777. The van der Waals surface area contributed by atoms with Crippen LogP contribution in [0.4, 0.5) is 5.82 Å². The summed E-state index contributed by atoms with van der Waals surface area (Å²) in [5, 5.41) is 16.8. The van der Waals surface area contributed by atoms with E-state index in [1.54, 1.807) is 6.92 Å². The van der Waals surface area contributed by atoms with Crippen molar-refractivity contribution in [3.05, 3.63) is 35.2 Å². The average Bonchev–Trinajstić information content (AvgIpc) is 3.21. The van der Waals surface area contributed by atoms with Crippen LogP contribution in [0.5, 0.6) is 0 Å². The molecule has 1 amide bonds. The summed E-state index contributed by atoms with van der Waals surface area (Å²) >= 11 is 0. The minimum absolute atomic E-state index is 0.136. The van der Waals surface area contributed by atoms with E-state index >= 15 is 0 Å². The van der Waals surface area contributed by atoms with Crippen LogP contribution in [0, 0.1) is 5.92 Å². The molecular weight excluding hydrogens is 376 g/mol. The number of hydrogen-bond acceptors (Lipinski definition) is 5. The fraction of sp³-hybridized carbons (Fsp3) is 0.667. The molecule has 6 heteroatoms. The van der Waals surface area contributed by atoms with Gasteiger partial charge >= 0.3 is 0 Å². The quantitative estimate of drug-likeness (QED) is 0.670. The van der Waals surface area contributed by atoms with Crippen molar-refractivity contribution in [2.75, 3.05) is 24.6 Å². The van der Waals surface area contributed by atoms with Crippen molar-refractivity contribution in [2.24, 2.45) is 5.92 Å². The van der Waals surface area contributed by atoms with Crippen LogP contribution < -0.4 is 15.5 Å². The Labute approximate surface area is 180 Å². The summed E-state index contributed by atoms with van der Waals surface area (Å²) in [6, 6.07) is 2.94. The topological polar surface area (TPSA) is 77.5 Å². The van der Waals surface area contributed by atoms with Crippen LogP contribution in [-0.4, -0.2) is 47.8 Å². The number of carbonyl (C=O) groups is 1. The van der Waals surface area contributed by atoms with Crippen LogP contribution in [-0.2, 0) is 12.8 Å². The molecule has 30 heavy (non-hydrogen) atoms. The molecule has 0 aromatic carbocycles. The van der Waals surface area contributed by atoms with Crippen molar-refractivity contribution in [2.45, 2.75) is 76.8 Å². The summed E-state index contributed by atoms with van der Waals surface area (Å²) < 4.78 is 0. The summed E-state index contributed by atoms with van der Waals surface area (Å²) in [7, 11) is 0. The molecule has 164 valence electrons. The zero-order valence-corrected chi connectivity index (χ0v) is 18.3. The van der Waals surface area contributed by atoms with Crippen LogP contribution in [0.2, 0.25) is 0 Å². The highest BCUT2D eigenvalue weighted by Crippen LogP contribution is 2.31. The van der Waals surface area contributed by atoms with Gasteiger partial charge in [0.2, 0.25) is 0 Å². The second kappa shape index (κ2) is 9.48. The number of piperidine rings is 1. The monoisotopic (exact) mass is 412 g/mol. The number of pyridine rings is 1. The van der Waals surface area contributed by atoms with Gasteiger partial charge in [0.1, 0.15) is 5.82 Å². The molecule has 4 rings (SSSR count). The van der Waals surface area contributed by atoms with Gasteiger partial charge in [0.05, 0.1) is 5.56 Å². The van der Waals surface area contributed by atoms with Gasteiger partial charge in [-0.15, -0.1) is 0 Å². The maximum Gasteiger partial charge on any atom is 0.259 e. The van der Waals surface area contributed by atoms with Crippen molar-refractivity contribution >= 4 is 11.7 Å². The maximum atomic E-state index is 12.9. The second-order valence-electron chi connectivity index (χ2n) is 9.34. The molecule has 1 saturated carbocycles. The lowest BCUT2D eigenvalue weighted by atomic mass is 9.89. The van der Waals surface area contributed by atoms with Crippen LogP contribution in [0.1, 0.15) is 73.5 Å². The molecule has 2 atom stereocenters. The molecule has 1 aliphatic heterocycles. The number of aromatic nitrogens is 1.